The third-order valence-electron chi connectivity index (χ3n) is 2.78. The van der Waals surface area contributed by atoms with Crippen molar-refractivity contribution < 1.29 is 14.4 Å². The maximum Gasteiger partial charge on any atom is 0.251 e. The van der Waals surface area contributed by atoms with Crippen LogP contribution in [0.2, 0.25) is 0 Å². The van der Waals surface area contributed by atoms with Gasteiger partial charge in [0.1, 0.15) is 0 Å². The molecule has 1 unspecified atom stereocenters. The highest BCUT2D eigenvalue weighted by Crippen LogP contribution is 2.14. The number of carbonyl (C=O) groups is 3. The summed E-state index contributed by atoms with van der Waals surface area (Å²) in [6, 6.07) is 0. The second-order valence-electron chi connectivity index (χ2n) is 4.37. The zero-order valence-electron chi connectivity index (χ0n) is 10.9. The van der Waals surface area contributed by atoms with E-state index < -0.39 is 0 Å². The van der Waals surface area contributed by atoms with E-state index in [0.29, 0.717) is 13.0 Å². The number of carbonyl (C=O) groups excluding carboxylic acids is 3. The Balaban J connectivity index is 2.05. The molecule has 1 aliphatic heterocycles. The lowest BCUT2D eigenvalue weighted by Crippen LogP contribution is -2.27. The van der Waals surface area contributed by atoms with E-state index >= 15 is 0 Å². The third kappa shape index (κ3) is 5.79. The van der Waals surface area contributed by atoms with E-state index in [9.17, 15) is 14.4 Å². The van der Waals surface area contributed by atoms with Gasteiger partial charge in [0.15, 0.2) is 5.52 Å². The lowest BCUT2D eigenvalue weighted by Gasteiger charge is -2.16. The van der Waals surface area contributed by atoms with Crippen molar-refractivity contribution in [2.24, 2.45) is 0 Å². The molecule has 1 N–H and O–H groups in total. The molecule has 1 heterocycles. The molecule has 0 bridgehead atoms. The molecule has 2 amide bonds. The predicted molar refractivity (Wildman–Crippen MR) is 76.2 cm³/mol. The highest BCUT2D eigenvalue weighted by molar-refractivity contribution is 7.40. The Hall–Kier alpha value is -1.48. The normalized spacial score (nSPS) is 14.1. The average molecular weight is 282 g/mol. The number of hydrogen-bond acceptors (Lipinski definition) is 3. The molecule has 19 heavy (non-hydrogen) atoms. The highest BCUT2D eigenvalue weighted by atomic mass is 31.0. The molecule has 0 fully saturated rings. The van der Waals surface area contributed by atoms with Crippen molar-refractivity contribution in [1.29, 1.82) is 0 Å². The number of unbranched alkanes of at least 4 members (excludes halogenated alkanes) is 2. The van der Waals surface area contributed by atoms with Gasteiger partial charge in [-0.15, -0.1) is 0 Å². The van der Waals surface area contributed by atoms with Gasteiger partial charge in [-0.2, -0.15) is 0 Å². The summed E-state index contributed by atoms with van der Waals surface area (Å²) in [5.74, 6) is -0.138. The van der Waals surface area contributed by atoms with E-state index in [0.717, 1.165) is 25.0 Å². The van der Waals surface area contributed by atoms with Crippen molar-refractivity contribution >= 4 is 26.6 Å². The SMILES string of the molecule is C=C1C=CC(=O)N1CCCCCC(=O)NCC(=O)P. The smallest absolute Gasteiger partial charge is 0.251 e. The lowest BCUT2D eigenvalue weighted by atomic mass is 10.2. The molecule has 0 radical (unpaired) electrons. The largest absolute Gasteiger partial charge is 0.349 e. The molecule has 1 aliphatic rings. The predicted octanol–water partition coefficient (Wildman–Crippen LogP) is 0.977. The van der Waals surface area contributed by atoms with Crippen LogP contribution in [-0.2, 0) is 14.4 Å². The van der Waals surface area contributed by atoms with Crippen molar-refractivity contribution in [3.8, 4) is 0 Å². The number of allylic oxidation sites excluding steroid dienone is 1. The second-order valence-corrected chi connectivity index (χ2v) is 5.01. The van der Waals surface area contributed by atoms with E-state index in [-0.39, 0.29) is 23.9 Å². The van der Waals surface area contributed by atoms with Crippen molar-refractivity contribution in [1.82, 2.24) is 10.2 Å². The second kappa shape index (κ2) is 7.85. The van der Waals surface area contributed by atoms with Crippen LogP contribution in [0.4, 0.5) is 0 Å². The fraction of sp³-hybridized carbons (Fsp3) is 0.462. The molecule has 0 aromatic rings. The van der Waals surface area contributed by atoms with E-state index in [1.165, 1.54) is 6.08 Å². The van der Waals surface area contributed by atoms with Gasteiger partial charge in [0.2, 0.25) is 5.91 Å². The van der Waals surface area contributed by atoms with Crippen LogP contribution in [-0.4, -0.2) is 35.3 Å². The monoisotopic (exact) mass is 282 g/mol. The molecule has 0 spiro atoms. The fourth-order valence-corrected chi connectivity index (χ4v) is 1.85. The van der Waals surface area contributed by atoms with Crippen LogP contribution < -0.4 is 5.32 Å². The van der Waals surface area contributed by atoms with E-state index in [1.54, 1.807) is 11.0 Å². The first kappa shape index (κ1) is 15.6. The van der Waals surface area contributed by atoms with Crippen LogP contribution in [0.1, 0.15) is 25.7 Å². The summed E-state index contributed by atoms with van der Waals surface area (Å²) in [5.41, 5.74) is 0.591. The highest BCUT2D eigenvalue weighted by Gasteiger charge is 2.17. The summed E-state index contributed by atoms with van der Waals surface area (Å²) in [5, 5.41) is 2.53. The first-order chi connectivity index (χ1) is 9.00. The Morgan fingerprint density at radius 3 is 2.58 bits per heavy atom. The van der Waals surface area contributed by atoms with E-state index in [4.69, 9.17) is 0 Å². The molecule has 5 nitrogen and oxygen atoms in total. The summed E-state index contributed by atoms with van der Waals surface area (Å²) in [6.07, 6.45) is 6.07. The van der Waals surface area contributed by atoms with Gasteiger partial charge >= 0.3 is 0 Å². The van der Waals surface area contributed by atoms with Crippen molar-refractivity contribution in [3.63, 3.8) is 0 Å². The summed E-state index contributed by atoms with van der Waals surface area (Å²) in [6.45, 7) is 4.48. The van der Waals surface area contributed by atoms with Crippen LogP contribution in [0.5, 0.6) is 0 Å². The molecule has 0 aliphatic carbocycles. The van der Waals surface area contributed by atoms with Gasteiger partial charge in [0.25, 0.3) is 5.91 Å². The Morgan fingerprint density at radius 1 is 1.26 bits per heavy atom. The van der Waals surface area contributed by atoms with Crippen LogP contribution in [0, 0.1) is 0 Å². The summed E-state index contributed by atoms with van der Waals surface area (Å²) in [7, 11) is 2.02. The maximum absolute atomic E-state index is 11.4. The third-order valence-corrected chi connectivity index (χ3v) is 2.98. The first-order valence-electron chi connectivity index (χ1n) is 6.24. The molecular formula is C13H19N2O3P. The maximum atomic E-state index is 11.4. The molecule has 6 heteroatoms. The summed E-state index contributed by atoms with van der Waals surface area (Å²) >= 11 is 0. The summed E-state index contributed by atoms with van der Waals surface area (Å²) < 4.78 is 0. The number of nitrogens with zero attached hydrogens (tertiary/aromatic N) is 1. The quantitative estimate of drug-likeness (QED) is 0.533. The number of amides is 2. The van der Waals surface area contributed by atoms with Gasteiger partial charge in [-0.05, 0) is 18.9 Å². The lowest BCUT2D eigenvalue weighted by molar-refractivity contribution is -0.124. The van der Waals surface area contributed by atoms with Crippen molar-refractivity contribution in [3.05, 3.63) is 24.4 Å². The standard InChI is InChI=1S/C13H19N2O3P/c1-10-6-7-12(17)15(10)8-4-2-3-5-11(16)14-9-13(18)19/h6-7H,1-5,8-9,19H2,(H,14,16). The number of nitrogens with one attached hydrogen (secondary N) is 1. The van der Waals surface area contributed by atoms with Crippen molar-refractivity contribution in [2.45, 2.75) is 25.7 Å². The zero-order chi connectivity index (χ0) is 14.3. The average Bonchev–Trinajstić information content (AvgIpc) is 2.67. The van der Waals surface area contributed by atoms with Crippen LogP contribution in [0.25, 0.3) is 0 Å². The van der Waals surface area contributed by atoms with Crippen LogP contribution in [0.15, 0.2) is 24.4 Å². The van der Waals surface area contributed by atoms with Gasteiger partial charge < -0.3 is 10.2 Å². The zero-order valence-corrected chi connectivity index (χ0v) is 12.0. The molecule has 104 valence electrons. The number of hydrogen-bond donors (Lipinski definition) is 1. The Labute approximate surface area is 115 Å². The van der Waals surface area contributed by atoms with E-state index in [2.05, 4.69) is 11.9 Å². The molecule has 0 saturated heterocycles. The minimum atomic E-state index is -0.132. The minimum absolute atomic E-state index is 0.0262. The molecule has 0 saturated carbocycles. The topological polar surface area (TPSA) is 66.5 Å². The van der Waals surface area contributed by atoms with Crippen LogP contribution in [0.3, 0.4) is 0 Å². The molecule has 1 rings (SSSR count). The van der Waals surface area contributed by atoms with Gasteiger partial charge in [-0.25, -0.2) is 0 Å². The molecule has 0 aromatic heterocycles. The Bertz CT molecular complexity index is 400. The van der Waals surface area contributed by atoms with Gasteiger partial charge in [0.05, 0.1) is 6.54 Å². The fourth-order valence-electron chi connectivity index (χ4n) is 1.75. The van der Waals surface area contributed by atoms with Gasteiger partial charge in [-0.1, -0.05) is 22.2 Å². The Kier molecular flexibility index (Phi) is 6.43. The van der Waals surface area contributed by atoms with E-state index in [1.807, 2.05) is 9.24 Å². The summed E-state index contributed by atoms with van der Waals surface area (Å²) in [4.78, 5) is 35.0. The minimum Gasteiger partial charge on any atom is -0.349 e. The van der Waals surface area contributed by atoms with Crippen molar-refractivity contribution in [2.75, 3.05) is 13.1 Å². The molecule has 0 aromatic carbocycles. The first-order valence-corrected chi connectivity index (χ1v) is 6.82. The van der Waals surface area contributed by atoms with Gasteiger partial charge in [0, 0.05) is 24.7 Å². The number of rotatable bonds is 8. The Morgan fingerprint density at radius 2 is 2.00 bits per heavy atom. The molecule has 1 atom stereocenters. The van der Waals surface area contributed by atoms with Crippen LogP contribution >= 0.6 is 9.24 Å². The molecular weight excluding hydrogens is 263 g/mol. The van der Waals surface area contributed by atoms with Gasteiger partial charge in [-0.3, -0.25) is 14.4 Å².